The van der Waals surface area contributed by atoms with E-state index in [1.54, 1.807) is 0 Å². The van der Waals surface area contributed by atoms with E-state index in [1.165, 1.54) is 44.0 Å². The monoisotopic (exact) mass is 752 g/mol. The van der Waals surface area contributed by atoms with Crippen molar-refractivity contribution in [2.75, 3.05) is 0 Å². The smallest absolute Gasteiger partial charge is 0.165 e. The second-order valence-corrected chi connectivity index (χ2v) is 15.8. The summed E-state index contributed by atoms with van der Waals surface area (Å²) in [4.78, 5) is 16.3. The first-order valence-corrected chi connectivity index (χ1v) is 20.0. The molecule has 4 heteroatoms. The maximum absolute atomic E-state index is 9.46. The van der Waals surface area contributed by atoms with Crippen LogP contribution >= 0.6 is 0 Å². The molecule has 0 unspecified atom stereocenters. The molecule has 0 saturated carbocycles. The predicted molar refractivity (Wildman–Crippen MR) is 242 cm³/mol. The Hall–Kier alpha value is -7.74. The summed E-state index contributed by atoms with van der Waals surface area (Å²) in [6.07, 6.45) is 0. The van der Waals surface area contributed by atoms with Crippen molar-refractivity contribution in [3.8, 4) is 73.6 Å². The van der Waals surface area contributed by atoms with E-state index in [4.69, 9.17) is 15.0 Å². The fraction of sp³-hybridized carbons (Fsp3) is 0.0545. The molecule has 4 nitrogen and oxygen atoms in total. The molecule has 0 saturated heterocycles. The zero-order valence-electron chi connectivity index (χ0n) is 32.6. The van der Waals surface area contributed by atoms with Crippen LogP contribution in [0.3, 0.4) is 0 Å². The molecule has 10 aromatic rings. The van der Waals surface area contributed by atoms with Gasteiger partial charge in [-0.15, -0.1) is 0 Å². The first-order valence-electron chi connectivity index (χ1n) is 20.0. The van der Waals surface area contributed by atoms with Crippen LogP contribution < -0.4 is 0 Å². The average molecular weight is 753 g/mol. The van der Waals surface area contributed by atoms with E-state index in [-0.39, 0.29) is 5.41 Å². The van der Waals surface area contributed by atoms with E-state index in [9.17, 15) is 5.26 Å². The van der Waals surface area contributed by atoms with Crippen molar-refractivity contribution in [2.24, 2.45) is 0 Å². The maximum Gasteiger partial charge on any atom is 0.165 e. The third-order valence-corrected chi connectivity index (χ3v) is 12.2. The molecule has 1 aliphatic carbocycles. The summed E-state index contributed by atoms with van der Waals surface area (Å²) < 4.78 is 0. The molecule has 11 rings (SSSR count). The highest BCUT2D eigenvalue weighted by Gasteiger charge is 2.37. The summed E-state index contributed by atoms with van der Waals surface area (Å²) in [5, 5.41) is 16.3. The predicted octanol–water partition coefficient (Wildman–Crippen LogP) is 13.8. The van der Waals surface area contributed by atoms with Crippen LogP contribution in [0.5, 0.6) is 0 Å². The molecule has 0 amide bonds. The molecule has 1 aliphatic rings. The average Bonchev–Trinajstić information content (AvgIpc) is 3.54. The summed E-state index contributed by atoms with van der Waals surface area (Å²) in [5.41, 5.74) is 12.6. The lowest BCUT2D eigenvalue weighted by molar-refractivity contribution is 0.660. The lowest BCUT2D eigenvalue weighted by Gasteiger charge is -2.21. The Bertz CT molecular complexity index is 3360. The van der Waals surface area contributed by atoms with Gasteiger partial charge in [-0.3, -0.25) is 0 Å². The van der Waals surface area contributed by atoms with Crippen LogP contribution in [0.25, 0.3) is 99.9 Å². The quantitative estimate of drug-likeness (QED) is 0.130. The Morgan fingerprint density at radius 1 is 0.407 bits per heavy atom. The zero-order chi connectivity index (χ0) is 39.7. The Kier molecular flexibility index (Phi) is 7.86. The van der Waals surface area contributed by atoms with Crippen molar-refractivity contribution in [3.63, 3.8) is 0 Å². The molecule has 0 radical (unpaired) electrons. The van der Waals surface area contributed by atoms with Gasteiger partial charge in [-0.2, -0.15) is 5.26 Å². The van der Waals surface area contributed by atoms with Crippen molar-refractivity contribution in [2.45, 2.75) is 19.3 Å². The van der Waals surface area contributed by atoms with Crippen LogP contribution in [-0.4, -0.2) is 15.0 Å². The second-order valence-electron chi connectivity index (χ2n) is 15.8. The van der Waals surface area contributed by atoms with Gasteiger partial charge in [0, 0.05) is 22.1 Å². The van der Waals surface area contributed by atoms with E-state index in [0.29, 0.717) is 23.0 Å². The Morgan fingerprint density at radius 3 is 1.83 bits per heavy atom. The fourth-order valence-electron chi connectivity index (χ4n) is 9.35. The van der Waals surface area contributed by atoms with Crippen LogP contribution in [0.1, 0.15) is 30.5 Å². The molecule has 0 aliphatic heterocycles. The number of aromatic nitrogens is 3. The van der Waals surface area contributed by atoms with Gasteiger partial charge in [0.25, 0.3) is 0 Å². The number of fused-ring (bicyclic) bond motifs is 7. The Labute approximate surface area is 342 Å². The number of hydrogen-bond donors (Lipinski definition) is 0. The van der Waals surface area contributed by atoms with Gasteiger partial charge < -0.3 is 0 Å². The van der Waals surface area contributed by atoms with Crippen LogP contribution in [0.15, 0.2) is 182 Å². The second kappa shape index (κ2) is 13.4. The number of benzene rings is 9. The summed E-state index contributed by atoms with van der Waals surface area (Å²) in [6, 6.07) is 66.1. The van der Waals surface area contributed by atoms with Crippen LogP contribution in [0.2, 0.25) is 0 Å². The van der Waals surface area contributed by atoms with Crippen LogP contribution in [-0.2, 0) is 5.41 Å². The SMILES string of the molecule is CC1(C)c2ccccc2-c2c(-c3nc(-c4cccc(-c5ccc(C#N)cc5)c4)nc(-c4c5ccccc5c(-c5ccccc5)c5c4ccc4ccccc45)n3)cccc21. The highest BCUT2D eigenvalue weighted by molar-refractivity contribution is 6.27. The molecule has 0 bridgehead atoms. The molecule has 1 heterocycles. The van der Waals surface area contributed by atoms with Crippen molar-refractivity contribution >= 4 is 32.3 Å². The minimum absolute atomic E-state index is 0.184. The van der Waals surface area contributed by atoms with Gasteiger partial charge in [-0.25, -0.2) is 15.0 Å². The van der Waals surface area contributed by atoms with Crippen LogP contribution in [0.4, 0.5) is 0 Å². The number of nitrogens with zero attached hydrogens (tertiary/aromatic N) is 4. The topological polar surface area (TPSA) is 62.5 Å². The fourth-order valence-corrected chi connectivity index (χ4v) is 9.35. The first kappa shape index (κ1) is 34.5. The molecule has 0 spiro atoms. The third kappa shape index (κ3) is 5.47. The van der Waals surface area contributed by atoms with Crippen molar-refractivity contribution in [3.05, 3.63) is 199 Å². The summed E-state index contributed by atoms with van der Waals surface area (Å²) in [7, 11) is 0. The van der Waals surface area contributed by atoms with Crippen LogP contribution in [0, 0.1) is 11.3 Å². The Morgan fingerprint density at radius 2 is 1.02 bits per heavy atom. The van der Waals surface area contributed by atoms with Crippen molar-refractivity contribution in [1.29, 1.82) is 5.26 Å². The van der Waals surface area contributed by atoms with Crippen molar-refractivity contribution in [1.82, 2.24) is 15.0 Å². The third-order valence-electron chi connectivity index (χ3n) is 12.2. The minimum Gasteiger partial charge on any atom is -0.208 e. The Balaban J connectivity index is 1.24. The van der Waals surface area contributed by atoms with E-state index in [1.807, 2.05) is 24.3 Å². The summed E-state index contributed by atoms with van der Waals surface area (Å²) in [6.45, 7) is 4.61. The lowest BCUT2D eigenvalue weighted by atomic mass is 9.82. The van der Waals surface area contributed by atoms with Gasteiger partial charge in [-0.05, 0) is 95.0 Å². The normalized spacial score (nSPS) is 12.7. The standard InChI is InChI=1S/C55H36N4/c1-55(2)46-24-11-10-22-43(46)49-45(23-13-25-47(49)55)53-57-52(39-18-12-17-38(32-39)35-28-26-34(33-56)27-29-35)58-54(59-53)51-42-21-9-8-20-41(42)48(37-15-4-3-5-16-37)50-40-19-7-6-14-36(40)30-31-44(50)51/h3-32H,1-2H3. The van der Waals surface area contributed by atoms with Crippen molar-refractivity contribution < 1.29 is 0 Å². The molecule has 0 fully saturated rings. The van der Waals surface area contributed by atoms with E-state index in [0.717, 1.165) is 49.5 Å². The number of hydrogen-bond acceptors (Lipinski definition) is 4. The lowest BCUT2D eigenvalue weighted by Crippen LogP contribution is -2.14. The highest BCUT2D eigenvalue weighted by atomic mass is 15.0. The summed E-state index contributed by atoms with van der Waals surface area (Å²) >= 11 is 0. The summed E-state index contributed by atoms with van der Waals surface area (Å²) in [5.74, 6) is 1.84. The van der Waals surface area contributed by atoms with Gasteiger partial charge >= 0.3 is 0 Å². The molecule has 0 atom stereocenters. The molecule has 1 aromatic heterocycles. The molecule has 276 valence electrons. The number of nitriles is 1. The number of rotatable bonds is 5. The molecule has 0 N–H and O–H groups in total. The first-order chi connectivity index (χ1) is 29.0. The van der Waals surface area contributed by atoms with Gasteiger partial charge in [0.15, 0.2) is 17.5 Å². The molecular formula is C55H36N4. The van der Waals surface area contributed by atoms with Gasteiger partial charge in [0.1, 0.15) is 0 Å². The van der Waals surface area contributed by atoms with E-state index >= 15 is 0 Å². The molecular weight excluding hydrogens is 717 g/mol. The van der Waals surface area contributed by atoms with Gasteiger partial charge in [-0.1, -0.05) is 178 Å². The van der Waals surface area contributed by atoms with Gasteiger partial charge in [0.2, 0.25) is 0 Å². The maximum atomic E-state index is 9.46. The zero-order valence-corrected chi connectivity index (χ0v) is 32.6. The molecule has 9 aromatic carbocycles. The minimum atomic E-state index is -0.184. The van der Waals surface area contributed by atoms with E-state index in [2.05, 4.69) is 178 Å². The largest absolute Gasteiger partial charge is 0.208 e. The van der Waals surface area contributed by atoms with Gasteiger partial charge in [0.05, 0.1) is 11.6 Å². The highest BCUT2D eigenvalue weighted by Crippen LogP contribution is 2.52. The van der Waals surface area contributed by atoms with E-state index < -0.39 is 0 Å². The molecule has 59 heavy (non-hydrogen) atoms.